The second kappa shape index (κ2) is 4.87. The van der Waals surface area contributed by atoms with Crippen molar-refractivity contribution in [1.29, 1.82) is 0 Å². The second-order valence-corrected chi connectivity index (χ2v) is 4.83. The quantitative estimate of drug-likeness (QED) is 0.810. The fraction of sp³-hybridized carbons (Fsp3) is 0.273. The number of hydrogen-bond acceptors (Lipinski definition) is 6. The molecule has 1 atom stereocenters. The van der Waals surface area contributed by atoms with Gasteiger partial charge in [0.15, 0.2) is 16.7 Å². The Bertz CT molecular complexity index is 532. The standard InChI is InChI=1S/C11H12N4O2S/c12-8(4-18-11-13-5-14-15-11)7-1-2-9-10(3-7)17-6-16-9/h1-3,5,8H,4,6,12H2,(H,13,14,15). The highest BCUT2D eigenvalue weighted by molar-refractivity contribution is 7.99. The maximum atomic E-state index is 6.13. The molecular formula is C11H12N4O2S. The number of H-pyrrole nitrogens is 1. The summed E-state index contributed by atoms with van der Waals surface area (Å²) in [6, 6.07) is 5.68. The molecule has 0 radical (unpaired) electrons. The normalized spacial score (nSPS) is 14.7. The third-order valence-corrected chi connectivity index (χ3v) is 3.61. The Morgan fingerprint density at radius 1 is 1.39 bits per heavy atom. The molecule has 94 valence electrons. The van der Waals surface area contributed by atoms with E-state index in [1.807, 2.05) is 18.2 Å². The van der Waals surface area contributed by atoms with Gasteiger partial charge in [-0.15, -0.1) is 0 Å². The summed E-state index contributed by atoms with van der Waals surface area (Å²) in [5, 5.41) is 7.34. The van der Waals surface area contributed by atoms with Gasteiger partial charge in [0.05, 0.1) is 0 Å². The lowest BCUT2D eigenvalue weighted by Gasteiger charge is -2.11. The van der Waals surface area contributed by atoms with Crippen LogP contribution in [0.5, 0.6) is 11.5 Å². The Morgan fingerprint density at radius 3 is 3.11 bits per heavy atom. The van der Waals surface area contributed by atoms with Crippen LogP contribution >= 0.6 is 11.8 Å². The molecule has 1 aromatic carbocycles. The van der Waals surface area contributed by atoms with Crippen molar-refractivity contribution in [2.45, 2.75) is 11.2 Å². The molecule has 7 heteroatoms. The van der Waals surface area contributed by atoms with Gasteiger partial charge in [0.25, 0.3) is 0 Å². The van der Waals surface area contributed by atoms with E-state index < -0.39 is 0 Å². The van der Waals surface area contributed by atoms with Crippen molar-refractivity contribution in [3.8, 4) is 11.5 Å². The number of hydrogen-bond donors (Lipinski definition) is 2. The molecular weight excluding hydrogens is 252 g/mol. The average Bonchev–Trinajstić information content (AvgIpc) is 3.05. The number of nitrogens with two attached hydrogens (primary N) is 1. The van der Waals surface area contributed by atoms with Gasteiger partial charge in [0.2, 0.25) is 6.79 Å². The zero-order valence-electron chi connectivity index (χ0n) is 9.50. The number of benzene rings is 1. The number of aromatic nitrogens is 3. The lowest BCUT2D eigenvalue weighted by molar-refractivity contribution is 0.174. The van der Waals surface area contributed by atoms with Gasteiger partial charge >= 0.3 is 0 Å². The zero-order chi connectivity index (χ0) is 12.4. The molecule has 0 spiro atoms. The maximum Gasteiger partial charge on any atom is 0.231 e. The first kappa shape index (κ1) is 11.4. The average molecular weight is 264 g/mol. The second-order valence-electron chi connectivity index (χ2n) is 3.82. The van der Waals surface area contributed by atoms with Crippen LogP contribution in [0.15, 0.2) is 29.7 Å². The van der Waals surface area contributed by atoms with Crippen LogP contribution in [-0.4, -0.2) is 27.7 Å². The van der Waals surface area contributed by atoms with Crippen LogP contribution in [0.3, 0.4) is 0 Å². The van der Waals surface area contributed by atoms with E-state index in [9.17, 15) is 0 Å². The molecule has 3 rings (SSSR count). The van der Waals surface area contributed by atoms with Crippen LogP contribution in [0.1, 0.15) is 11.6 Å². The Labute approximate surface area is 108 Å². The summed E-state index contributed by atoms with van der Waals surface area (Å²) in [7, 11) is 0. The predicted octanol–water partition coefficient (Wildman–Crippen LogP) is 1.33. The number of ether oxygens (including phenoxy) is 2. The molecule has 1 aromatic heterocycles. The molecule has 6 nitrogen and oxygen atoms in total. The first-order valence-electron chi connectivity index (χ1n) is 5.46. The molecule has 3 N–H and O–H groups in total. The molecule has 0 aliphatic carbocycles. The monoisotopic (exact) mass is 264 g/mol. The minimum absolute atomic E-state index is 0.0883. The minimum Gasteiger partial charge on any atom is -0.454 e. The van der Waals surface area contributed by atoms with Gasteiger partial charge in [-0.2, -0.15) is 5.10 Å². The van der Waals surface area contributed by atoms with Gasteiger partial charge in [-0.1, -0.05) is 17.8 Å². The van der Waals surface area contributed by atoms with E-state index in [-0.39, 0.29) is 12.8 Å². The van der Waals surface area contributed by atoms with Gasteiger partial charge in [-0.25, -0.2) is 4.98 Å². The molecule has 1 aliphatic rings. The summed E-state index contributed by atoms with van der Waals surface area (Å²) >= 11 is 1.54. The van der Waals surface area contributed by atoms with E-state index in [1.54, 1.807) is 0 Å². The Kier molecular flexibility index (Phi) is 3.07. The number of nitrogens with zero attached hydrogens (tertiary/aromatic N) is 2. The van der Waals surface area contributed by atoms with Gasteiger partial charge in [0.1, 0.15) is 6.33 Å². The van der Waals surface area contributed by atoms with Crippen molar-refractivity contribution in [3.63, 3.8) is 0 Å². The molecule has 18 heavy (non-hydrogen) atoms. The smallest absolute Gasteiger partial charge is 0.231 e. The summed E-state index contributed by atoms with van der Waals surface area (Å²) < 4.78 is 10.6. The molecule has 2 aromatic rings. The first-order valence-corrected chi connectivity index (χ1v) is 6.45. The molecule has 0 fully saturated rings. The van der Waals surface area contributed by atoms with Crippen molar-refractivity contribution in [2.75, 3.05) is 12.5 Å². The van der Waals surface area contributed by atoms with E-state index in [1.165, 1.54) is 18.1 Å². The van der Waals surface area contributed by atoms with Crippen LogP contribution in [0.2, 0.25) is 0 Å². The van der Waals surface area contributed by atoms with Crippen LogP contribution in [0.25, 0.3) is 0 Å². The highest BCUT2D eigenvalue weighted by atomic mass is 32.2. The molecule has 0 saturated heterocycles. The zero-order valence-corrected chi connectivity index (χ0v) is 10.3. The van der Waals surface area contributed by atoms with Crippen molar-refractivity contribution in [2.24, 2.45) is 5.73 Å². The topological polar surface area (TPSA) is 86.1 Å². The van der Waals surface area contributed by atoms with Crippen molar-refractivity contribution >= 4 is 11.8 Å². The summed E-state index contributed by atoms with van der Waals surface area (Å²) in [4.78, 5) is 4.04. The van der Waals surface area contributed by atoms with Crippen LogP contribution in [0.4, 0.5) is 0 Å². The van der Waals surface area contributed by atoms with Gasteiger partial charge in [-0.3, -0.25) is 5.10 Å². The fourth-order valence-electron chi connectivity index (χ4n) is 1.67. The van der Waals surface area contributed by atoms with Crippen molar-refractivity contribution in [1.82, 2.24) is 15.2 Å². The van der Waals surface area contributed by atoms with E-state index in [2.05, 4.69) is 15.2 Å². The highest BCUT2D eigenvalue weighted by Gasteiger charge is 2.16. The predicted molar refractivity (Wildman–Crippen MR) is 66.6 cm³/mol. The molecule has 1 aliphatic heterocycles. The first-order chi connectivity index (χ1) is 8.83. The van der Waals surface area contributed by atoms with Gasteiger partial charge in [0, 0.05) is 11.8 Å². The lowest BCUT2D eigenvalue weighted by atomic mass is 10.1. The summed E-state index contributed by atoms with van der Waals surface area (Å²) in [6.07, 6.45) is 1.48. The van der Waals surface area contributed by atoms with E-state index >= 15 is 0 Å². The summed E-state index contributed by atoms with van der Waals surface area (Å²) in [5.41, 5.74) is 7.15. The summed E-state index contributed by atoms with van der Waals surface area (Å²) in [6.45, 7) is 0.279. The molecule has 1 unspecified atom stereocenters. The van der Waals surface area contributed by atoms with Gasteiger partial charge in [-0.05, 0) is 17.7 Å². The van der Waals surface area contributed by atoms with E-state index in [0.29, 0.717) is 0 Å². The van der Waals surface area contributed by atoms with Crippen LogP contribution in [0, 0.1) is 0 Å². The summed E-state index contributed by atoms with van der Waals surface area (Å²) in [5.74, 6) is 2.25. The number of nitrogens with one attached hydrogen (secondary N) is 1. The number of fused-ring (bicyclic) bond motifs is 1. The number of rotatable bonds is 4. The van der Waals surface area contributed by atoms with E-state index in [4.69, 9.17) is 15.2 Å². The Hall–Kier alpha value is -1.73. The van der Waals surface area contributed by atoms with Crippen LogP contribution in [-0.2, 0) is 0 Å². The number of thioether (sulfide) groups is 1. The Balaban J connectivity index is 1.67. The lowest BCUT2D eigenvalue weighted by Crippen LogP contribution is -2.13. The van der Waals surface area contributed by atoms with Crippen molar-refractivity contribution in [3.05, 3.63) is 30.1 Å². The minimum atomic E-state index is -0.0883. The van der Waals surface area contributed by atoms with Crippen molar-refractivity contribution < 1.29 is 9.47 Å². The largest absolute Gasteiger partial charge is 0.454 e. The third kappa shape index (κ3) is 2.27. The molecule has 0 amide bonds. The fourth-order valence-corrected chi connectivity index (χ4v) is 2.44. The van der Waals surface area contributed by atoms with E-state index in [0.717, 1.165) is 28.0 Å². The maximum absolute atomic E-state index is 6.13. The Morgan fingerprint density at radius 2 is 2.28 bits per heavy atom. The van der Waals surface area contributed by atoms with Crippen LogP contribution < -0.4 is 15.2 Å². The highest BCUT2D eigenvalue weighted by Crippen LogP contribution is 2.34. The third-order valence-electron chi connectivity index (χ3n) is 2.62. The molecule has 2 heterocycles. The number of aromatic amines is 1. The molecule has 0 saturated carbocycles. The van der Waals surface area contributed by atoms with Gasteiger partial charge < -0.3 is 15.2 Å². The molecule has 0 bridgehead atoms. The SMILES string of the molecule is NC(CSc1ncn[nH]1)c1ccc2c(c1)OCO2.